The molecule has 2 N–H and O–H groups in total. The average molecular weight is 461 g/mol. The van der Waals surface area contributed by atoms with Crippen molar-refractivity contribution in [2.75, 3.05) is 57.5 Å². The Hall–Kier alpha value is -2.31. The molecule has 1 amide bonds. The van der Waals surface area contributed by atoms with Crippen LogP contribution in [0.4, 0.5) is 11.4 Å². The number of anilines is 2. The molecule has 2 heterocycles. The number of nitrogens with one attached hydrogen (secondary N) is 2. The van der Waals surface area contributed by atoms with Gasteiger partial charge in [0.05, 0.1) is 5.92 Å². The molecule has 2 aromatic carbocycles. The van der Waals surface area contributed by atoms with Crippen molar-refractivity contribution >= 4 is 25.7 Å². The molecule has 4 rings (SSSR count). The highest BCUT2D eigenvalue weighted by Gasteiger charge is 2.24. The van der Waals surface area contributed by atoms with Gasteiger partial charge in [-0.2, -0.15) is 0 Å². The third-order valence-corrected chi connectivity index (χ3v) is 6.85. The summed E-state index contributed by atoms with van der Waals surface area (Å²) < 4.78 is 0. The summed E-state index contributed by atoms with van der Waals surface area (Å²) in [7, 11) is 4.30. The van der Waals surface area contributed by atoms with Crippen molar-refractivity contribution in [1.29, 1.82) is 0 Å². The van der Waals surface area contributed by atoms with Crippen molar-refractivity contribution in [2.45, 2.75) is 39.5 Å². The Morgan fingerprint density at radius 3 is 2.00 bits per heavy atom. The molecule has 2 aliphatic rings. The van der Waals surface area contributed by atoms with E-state index in [1.165, 1.54) is 37.2 Å². The Bertz CT molecular complexity index is 890. The maximum Gasteiger partial charge on any atom is 0.228 e. The van der Waals surface area contributed by atoms with Crippen LogP contribution < -0.4 is 10.6 Å². The van der Waals surface area contributed by atoms with Gasteiger partial charge in [0.2, 0.25) is 5.91 Å². The first-order chi connectivity index (χ1) is 15.9. The molecule has 6 heteroatoms. The van der Waals surface area contributed by atoms with Crippen LogP contribution in [-0.4, -0.2) is 70.9 Å². The highest BCUT2D eigenvalue weighted by Crippen LogP contribution is 2.20. The van der Waals surface area contributed by atoms with Gasteiger partial charge in [0, 0.05) is 39.4 Å². The minimum atomic E-state index is 0. The lowest BCUT2D eigenvalue weighted by molar-refractivity contribution is -0.121. The molecule has 3 radical (unpaired) electrons. The molecule has 2 fully saturated rings. The molecule has 34 heavy (non-hydrogen) atoms. The number of nitrogens with zero attached hydrogens (tertiary/aromatic N) is 2. The molecule has 0 aliphatic carbocycles. The Balaban J connectivity index is 0.000000234. The summed E-state index contributed by atoms with van der Waals surface area (Å²) in [5.41, 5.74) is 4.68. The number of piperidine rings is 2. The number of amides is 1. The summed E-state index contributed by atoms with van der Waals surface area (Å²) in [6, 6.07) is 16.4. The summed E-state index contributed by atoms with van der Waals surface area (Å²) >= 11 is 0. The second kappa shape index (κ2) is 14.2. The van der Waals surface area contributed by atoms with Crippen LogP contribution in [0.5, 0.6) is 0 Å². The van der Waals surface area contributed by atoms with Gasteiger partial charge >= 0.3 is 0 Å². The molecule has 0 spiro atoms. The van der Waals surface area contributed by atoms with Crippen molar-refractivity contribution < 1.29 is 4.79 Å². The molecule has 5 nitrogen and oxygen atoms in total. The van der Waals surface area contributed by atoms with Gasteiger partial charge in [-0.1, -0.05) is 36.4 Å². The van der Waals surface area contributed by atoms with Gasteiger partial charge in [0.15, 0.2) is 0 Å². The highest BCUT2D eigenvalue weighted by molar-refractivity contribution is 5.93. The topological polar surface area (TPSA) is 47.6 Å². The fraction of sp³-hybridized carbons (Fsp3) is 0.536. The zero-order chi connectivity index (χ0) is 23.6. The number of likely N-dealkylation sites (tertiary alicyclic amines) is 2. The van der Waals surface area contributed by atoms with Crippen molar-refractivity contribution in [3.63, 3.8) is 0 Å². The van der Waals surface area contributed by atoms with E-state index in [1.807, 2.05) is 31.2 Å². The quantitative estimate of drug-likeness (QED) is 0.637. The Labute approximate surface area is 208 Å². The first-order valence-corrected chi connectivity index (χ1v) is 12.5. The van der Waals surface area contributed by atoms with Gasteiger partial charge < -0.3 is 20.4 Å². The van der Waals surface area contributed by atoms with E-state index in [9.17, 15) is 4.79 Å². The number of hydrogen-bond acceptors (Lipinski definition) is 4. The van der Waals surface area contributed by atoms with E-state index in [1.54, 1.807) is 0 Å². The number of rotatable bonds is 5. The van der Waals surface area contributed by atoms with Crippen LogP contribution in [0.25, 0.3) is 0 Å². The van der Waals surface area contributed by atoms with Gasteiger partial charge in [-0.15, -0.1) is 0 Å². The second-order valence-electron chi connectivity index (χ2n) is 9.87. The molecule has 2 saturated heterocycles. The van der Waals surface area contributed by atoms with Crippen LogP contribution in [-0.2, 0) is 4.79 Å². The molecular weight excluding hydrogens is 419 g/mol. The van der Waals surface area contributed by atoms with Crippen LogP contribution in [0.15, 0.2) is 48.5 Å². The summed E-state index contributed by atoms with van der Waals surface area (Å²) in [5, 5.41) is 6.61. The number of para-hydroxylation sites is 2. The van der Waals surface area contributed by atoms with Gasteiger partial charge in [-0.3, -0.25) is 4.79 Å². The van der Waals surface area contributed by atoms with E-state index < -0.39 is 0 Å². The second-order valence-corrected chi connectivity index (χ2v) is 9.87. The number of carbonyl (C=O) groups excluding carboxylic acids is 1. The Morgan fingerprint density at radius 2 is 1.41 bits per heavy atom. The van der Waals surface area contributed by atoms with Crippen LogP contribution >= 0.6 is 0 Å². The molecule has 2 aromatic rings. The van der Waals surface area contributed by atoms with Crippen LogP contribution in [0, 0.1) is 25.7 Å². The van der Waals surface area contributed by atoms with Crippen LogP contribution in [0.3, 0.4) is 0 Å². The first-order valence-electron chi connectivity index (χ1n) is 12.5. The fourth-order valence-electron chi connectivity index (χ4n) is 4.79. The fourth-order valence-corrected chi connectivity index (χ4v) is 4.79. The molecule has 2 atom stereocenters. The third kappa shape index (κ3) is 8.81. The number of carbonyl (C=O) groups is 1. The smallest absolute Gasteiger partial charge is 0.228 e. The lowest BCUT2D eigenvalue weighted by Gasteiger charge is -2.30. The monoisotopic (exact) mass is 461 g/mol. The Kier molecular flexibility index (Phi) is 11.6. The van der Waals surface area contributed by atoms with E-state index in [0.717, 1.165) is 49.6 Å². The van der Waals surface area contributed by atoms with Crippen molar-refractivity contribution in [1.82, 2.24) is 9.80 Å². The largest absolute Gasteiger partial charge is 0.385 e. The maximum absolute atomic E-state index is 12.1. The summed E-state index contributed by atoms with van der Waals surface area (Å²) in [6.07, 6.45) is 4.82. The van der Waals surface area contributed by atoms with Crippen molar-refractivity contribution in [3.05, 3.63) is 59.7 Å². The number of benzene rings is 2. The van der Waals surface area contributed by atoms with Gasteiger partial charge in [-0.25, -0.2) is 0 Å². The standard InChI is InChI=1S/C14H20N2O.C14H22N2.B/c1-11-6-3-4-8-13(11)15-14(17)12-7-5-9-16(2)10-12;1-12-6-3-4-8-14(12)15-10-13-7-5-9-16(2)11-13;/h3-4,6,8,12H,5,7,9-10H2,1-2H3,(H,15,17);3-4,6,8,13,15H,5,7,9-11H2,1-2H3;. The number of aryl methyl sites for hydroxylation is 2. The molecule has 0 aromatic heterocycles. The summed E-state index contributed by atoms with van der Waals surface area (Å²) in [5.74, 6) is 1.09. The predicted octanol–water partition coefficient (Wildman–Crippen LogP) is 4.64. The summed E-state index contributed by atoms with van der Waals surface area (Å²) in [4.78, 5) is 16.8. The third-order valence-electron chi connectivity index (χ3n) is 6.85. The van der Waals surface area contributed by atoms with Crippen LogP contribution in [0.1, 0.15) is 36.8 Å². The van der Waals surface area contributed by atoms with Gasteiger partial charge in [0.1, 0.15) is 0 Å². The van der Waals surface area contributed by atoms with Gasteiger partial charge in [-0.05, 0) is 95.9 Å². The van der Waals surface area contributed by atoms with Gasteiger partial charge in [0.25, 0.3) is 0 Å². The lowest BCUT2D eigenvalue weighted by Crippen LogP contribution is -2.38. The minimum Gasteiger partial charge on any atom is -0.385 e. The Morgan fingerprint density at radius 1 is 0.853 bits per heavy atom. The zero-order valence-electron chi connectivity index (χ0n) is 21.5. The maximum atomic E-state index is 12.1. The zero-order valence-corrected chi connectivity index (χ0v) is 21.5. The van der Waals surface area contributed by atoms with Crippen LogP contribution in [0.2, 0.25) is 0 Å². The SMILES string of the molecule is Cc1ccccc1NC(=O)C1CCCN(C)C1.Cc1ccccc1NCC1CCCN(C)C1.[B]. The molecule has 0 bridgehead atoms. The molecule has 2 aliphatic heterocycles. The van der Waals surface area contributed by atoms with E-state index in [-0.39, 0.29) is 20.2 Å². The van der Waals surface area contributed by atoms with Crippen molar-refractivity contribution in [3.8, 4) is 0 Å². The lowest BCUT2D eigenvalue weighted by atomic mass is 9.97. The van der Waals surface area contributed by atoms with E-state index in [4.69, 9.17) is 0 Å². The number of hydrogen-bond donors (Lipinski definition) is 2. The minimum absolute atomic E-state index is 0. The summed E-state index contributed by atoms with van der Waals surface area (Å²) in [6.45, 7) is 9.76. The average Bonchev–Trinajstić information content (AvgIpc) is 2.80. The molecule has 183 valence electrons. The molecule has 0 saturated carbocycles. The van der Waals surface area contributed by atoms with Crippen molar-refractivity contribution in [2.24, 2.45) is 11.8 Å². The highest BCUT2D eigenvalue weighted by atomic mass is 16.1. The van der Waals surface area contributed by atoms with E-state index in [2.05, 4.69) is 65.7 Å². The van der Waals surface area contributed by atoms with E-state index in [0.29, 0.717) is 0 Å². The normalized spacial score (nSPS) is 20.9. The van der Waals surface area contributed by atoms with E-state index >= 15 is 0 Å². The molecular formula is C28H42BN4O. The predicted molar refractivity (Wildman–Crippen MR) is 146 cm³/mol. The first kappa shape index (κ1) is 27.9. The molecule has 2 unspecified atom stereocenters.